The zero-order valence-corrected chi connectivity index (χ0v) is 9.12. The smallest absolute Gasteiger partial charge is 0.123 e. The first-order valence-corrected chi connectivity index (χ1v) is 5.38. The molecule has 14 heavy (non-hydrogen) atoms. The highest BCUT2D eigenvalue weighted by Crippen LogP contribution is 2.35. The Morgan fingerprint density at radius 3 is 2.36 bits per heavy atom. The van der Waals surface area contributed by atoms with Gasteiger partial charge >= 0.3 is 0 Å². The third-order valence-electron chi connectivity index (χ3n) is 1.97. The fourth-order valence-corrected chi connectivity index (χ4v) is 2.59. The van der Waals surface area contributed by atoms with E-state index in [0.717, 1.165) is 20.3 Å². The Hall–Kier alpha value is -0.860. The second-order valence-corrected chi connectivity index (χ2v) is 4.91. The lowest BCUT2D eigenvalue weighted by atomic mass is 10.1. The molecule has 0 aliphatic carbocycles. The fourth-order valence-electron chi connectivity index (χ4n) is 1.31. The molecular weight excluding hydrogens is 219 g/mol. The molecule has 0 N–H and O–H groups in total. The first-order chi connectivity index (χ1) is 6.66. The molecule has 2 aromatic rings. The molecule has 0 aliphatic rings. The molecule has 0 saturated heterocycles. The minimum Gasteiger partial charge on any atom is -0.207 e. The Kier molecular flexibility index (Phi) is 2.57. The van der Waals surface area contributed by atoms with Gasteiger partial charge in [0.05, 0.1) is 0 Å². The van der Waals surface area contributed by atoms with Gasteiger partial charge in [0, 0.05) is 10.4 Å². The van der Waals surface area contributed by atoms with Crippen LogP contribution in [0.5, 0.6) is 0 Å². The van der Waals surface area contributed by atoms with Gasteiger partial charge in [-0.05, 0) is 30.7 Å². The summed E-state index contributed by atoms with van der Waals surface area (Å²) >= 11 is 7.58. The summed E-state index contributed by atoms with van der Waals surface area (Å²) in [5.41, 5.74) is 1.94. The lowest BCUT2D eigenvalue weighted by Crippen LogP contribution is -1.76. The molecule has 0 unspecified atom stereocenters. The van der Waals surface area contributed by atoms with Gasteiger partial charge in [0.2, 0.25) is 0 Å². The average Bonchev–Trinajstić information content (AvgIpc) is 2.47. The second kappa shape index (κ2) is 3.71. The van der Waals surface area contributed by atoms with Crippen molar-refractivity contribution in [2.45, 2.75) is 6.92 Å². The van der Waals surface area contributed by atoms with E-state index < -0.39 is 0 Å². The Balaban J connectivity index is 2.49. The molecule has 1 aromatic carbocycles. The quantitative estimate of drug-likeness (QED) is 0.671. The first-order valence-electron chi connectivity index (χ1n) is 4.18. The topological polar surface area (TPSA) is 0 Å². The first kappa shape index (κ1) is 9.69. The number of thiophene rings is 1. The summed E-state index contributed by atoms with van der Waals surface area (Å²) in [6.07, 6.45) is 0. The van der Waals surface area contributed by atoms with E-state index >= 15 is 0 Å². The molecule has 0 fully saturated rings. The van der Waals surface area contributed by atoms with Crippen molar-refractivity contribution in [2.75, 3.05) is 0 Å². The van der Waals surface area contributed by atoms with Crippen LogP contribution in [0.2, 0.25) is 4.34 Å². The van der Waals surface area contributed by atoms with E-state index in [2.05, 4.69) is 0 Å². The SMILES string of the molecule is Cc1cc(-c2ccc(F)cc2)c(Cl)s1. The lowest BCUT2D eigenvalue weighted by molar-refractivity contribution is 0.628. The van der Waals surface area contributed by atoms with Gasteiger partial charge in [-0.1, -0.05) is 23.7 Å². The molecule has 0 saturated carbocycles. The summed E-state index contributed by atoms with van der Waals surface area (Å²) in [6.45, 7) is 2.00. The molecule has 1 heterocycles. The van der Waals surface area contributed by atoms with E-state index in [9.17, 15) is 4.39 Å². The van der Waals surface area contributed by atoms with Gasteiger partial charge in [-0.3, -0.25) is 0 Å². The monoisotopic (exact) mass is 226 g/mol. The number of aryl methyl sites for hydroxylation is 1. The molecule has 0 atom stereocenters. The van der Waals surface area contributed by atoms with Crippen LogP contribution in [-0.2, 0) is 0 Å². The van der Waals surface area contributed by atoms with Gasteiger partial charge in [-0.15, -0.1) is 11.3 Å². The van der Waals surface area contributed by atoms with Gasteiger partial charge in [-0.2, -0.15) is 0 Å². The Morgan fingerprint density at radius 2 is 1.86 bits per heavy atom. The third kappa shape index (κ3) is 1.81. The van der Waals surface area contributed by atoms with E-state index in [-0.39, 0.29) is 5.82 Å². The van der Waals surface area contributed by atoms with Crippen molar-refractivity contribution in [3.05, 3.63) is 45.4 Å². The molecule has 0 aliphatic heterocycles. The van der Waals surface area contributed by atoms with Crippen molar-refractivity contribution in [2.24, 2.45) is 0 Å². The second-order valence-electron chi connectivity index (χ2n) is 3.05. The van der Waals surface area contributed by atoms with Crippen molar-refractivity contribution < 1.29 is 4.39 Å². The van der Waals surface area contributed by atoms with Crippen LogP contribution in [0.1, 0.15) is 4.88 Å². The predicted molar refractivity (Wildman–Crippen MR) is 59.5 cm³/mol. The summed E-state index contributed by atoms with van der Waals surface area (Å²) in [5.74, 6) is -0.225. The molecule has 2 rings (SSSR count). The van der Waals surface area contributed by atoms with Crippen molar-refractivity contribution in [3.63, 3.8) is 0 Å². The summed E-state index contributed by atoms with van der Waals surface area (Å²) in [7, 11) is 0. The molecule has 3 heteroatoms. The van der Waals surface area contributed by atoms with E-state index in [0.29, 0.717) is 0 Å². The van der Waals surface area contributed by atoms with E-state index in [1.807, 2.05) is 13.0 Å². The van der Waals surface area contributed by atoms with E-state index in [1.165, 1.54) is 23.5 Å². The van der Waals surface area contributed by atoms with Crippen molar-refractivity contribution >= 4 is 22.9 Å². The summed E-state index contributed by atoms with van der Waals surface area (Å²) in [4.78, 5) is 1.16. The van der Waals surface area contributed by atoms with E-state index in [4.69, 9.17) is 11.6 Å². The van der Waals surface area contributed by atoms with Crippen molar-refractivity contribution in [1.82, 2.24) is 0 Å². The lowest BCUT2D eigenvalue weighted by Gasteiger charge is -1.97. The zero-order chi connectivity index (χ0) is 10.1. The Labute approximate surface area is 91.0 Å². The van der Waals surface area contributed by atoms with Crippen LogP contribution in [-0.4, -0.2) is 0 Å². The molecule has 0 spiro atoms. The zero-order valence-electron chi connectivity index (χ0n) is 7.55. The number of halogens is 2. The minimum atomic E-state index is -0.225. The maximum absolute atomic E-state index is 12.7. The van der Waals surface area contributed by atoms with Crippen LogP contribution in [0.3, 0.4) is 0 Å². The van der Waals surface area contributed by atoms with Gasteiger partial charge in [0.25, 0.3) is 0 Å². The number of hydrogen-bond acceptors (Lipinski definition) is 1. The van der Waals surface area contributed by atoms with Crippen LogP contribution < -0.4 is 0 Å². The summed E-state index contributed by atoms with van der Waals surface area (Å²) < 4.78 is 13.4. The number of hydrogen-bond donors (Lipinski definition) is 0. The van der Waals surface area contributed by atoms with E-state index in [1.54, 1.807) is 12.1 Å². The van der Waals surface area contributed by atoms with Gasteiger partial charge in [0.1, 0.15) is 10.2 Å². The molecule has 0 bridgehead atoms. The largest absolute Gasteiger partial charge is 0.207 e. The summed E-state index contributed by atoms with van der Waals surface area (Å²) in [5, 5.41) is 0. The average molecular weight is 227 g/mol. The third-order valence-corrected chi connectivity index (χ3v) is 3.24. The molecule has 0 nitrogen and oxygen atoms in total. The standard InChI is InChI=1S/C11H8ClFS/c1-7-6-10(11(12)14-7)8-2-4-9(13)5-3-8/h2-6H,1H3. The van der Waals surface area contributed by atoms with Crippen molar-refractivity contribution in [3.8, 4) is 11.1 Å². The van der Waals surface area contributed by atoms with Gasteiger partial charge in [0.15, 0.2) is 0 Å². The normalized spacial score (nSPS) is 10.5. The maximum Gasteiger partial charge on any atom is 0.123 e. The van der Waals surface area contributed by atoms with Crippen LogP contribution in [0.15, 0.2) is 30.3 Å². The van der Waals surface area contributed by atoms with Crippen LogP contribution in [0.4, 0.5) is 4.39 Å². The van der Waals surface area contributed by atoms with Gasteiger partial charge in [-0.25, -0.2) is 4.39 Å². The highest BCUT2D eigenvalue weighted by atomic mass is 35.5. The molecule has 72 valence electrons. The van der Waals surface area contributed by atoms with Crippen LogP contribution >= 0.6 is 22.9 Å². The highest BCUT2D eigenvalue weighted by Gasteiger charge is 2.06. The van der Waals surface area contributed by atoms with Crippen LogP contribution in [0, 0.1) is 12.7 Å². The molecule has 1 aromatic heterocycles. The summed E-state index contributed by atoms with van der Waals surface area (Å²) in [6, 6.07) is 8.38. The Morgan fingerprint density at radius 1 is 1.21 bits per heavy atom. The van der Waals surface area contributed by atoms with Crippen LogP contribution in [0.25, 0.3) is 11.1 Å². The predicted octanol–water partition coefficient (Wildman–Crippen LogP) is 4.52. The van der Waals surface area contributed by atoms with Crippen molar-refractivity contribution in [1.29, 1.82) is 0 Å². The van der Waals surface area contributed by atoms with Gasteiger partial charge < -0.3 is 0 Å². The molecule has 0 radical (unpaired) electrons. The Bertz CT molecular complexity index is 445. The number of benzene rings is 1. The minimum absolute atomic E-state index is 0.225. The molecular formula is C11H8ClFS. The maximum atomic E-state index is 12.7. The highest BCUT2D eigenvalue weighted by molar-refractivity contribution is 7.16. The molecule has 0 amide bonds. The number of rotatable bonds is 1. The fraction of sp³-hybridized carbons (Fsp3) is 0.0909.